The molecule has 0 spiro atoms. The number of nitrogens with zero attached hydrogens (tertiary/aromatic N) is 3. The number of hydrogen-bond acceptors (Lipinski definition) is 4. The molecule has 1 atom stereocenters. The Bertz CT molecular complexity index is 349. The molecule has 1 aliphatic rings. The molecule has 2 rings (SSSR count). The molecule has 1 aromatic rings. The monoisotopic (exact) mass is 248 g/mol. The Hall–Kier alpha value is -1.16. The van der Waals surface area contributed by atoms with Gasteiger partial charge in [-0.3, -0.25) is 4.98 Å². The first-order chi connectivity index (χ1) is 8.81. The highest BCUT2D eigenvalue weighted by molar-refractivity contribution is 5.29. The van der Waals surface area contributed by atoms with Crippen LogP contribution >= 0.6 is 0 Å². The molecule has 18 heavy (non-hydrogen) atoms. The van der Waals surface area contributed by atoms with Gasteiger partial charge >= 0.3 is 0 Å². The number of anilines is 1. The molecule has 0 saturated carbocycles. The van der Waals surface area contributed by atoms with Crippen LogP contribution in [0.5, 0.6) is 0 Å². The highest BCUT2D eigenvalue weighted by Crippen LogP contribution is 2.20. The van der Waals surface area contributed by atoms with Crippen LogP contribution in [-0.2, 0) is 6.42 Å². The Labute approximate surface area is 110 Å². The van der Waals surface area contributed by atoms with Crippen molar-refractivity contribution < 1.29 is 0 Å². The number of rotatable bonds is 4. The molecule has 2 heterocycles. The van der Waals surface area contributed by atoms with E-state index in [4.69, 9.17) is 0 Å². The van der Waals surface area contributed by atoms with E-state index in [0.717, 1.165) is 23.9 Å². The van der Waals surface area contributed by atoms with Crippen LogP contribution in [0.25, 0.3) is 0 Å². The van der Waals surface area contributed by atoms with E-state index in [1.807, 2.05) is 19.4 Å². The Morgan fingerprint density at radius 1 is 1.28 bits per heavy atom. The van der Waals surface area contributed by atoms with Crippen molar-refractivity contribution in [3.63, 3.8) is 0 Å². The summed E-state index contributed by atoms with van der Waals surface area (Å²) >= 11 is 0. The molecule has 0 amide bonds. The summed E-state index contributed by atoms with van der Waals surface area (Å²) in [4.78, 5) is 11.4. The standard InChI is InChI=1S/C14H24N4/c1-3-18-7-4-5-12(6-8-18)9-13-10-17-14(15-2)11-16-13/h10-12H,3-9H2,1-2H3,(H,15,17). The maximum atomic E-state index is 4.47. The zero-order chi connectivity index (χ0) is 12.8. The van der Waals surface area contributed by atoms with Crippen molar-refractivity contribution in [1.29, 1.82) is 0 Å². The lowest BCUT2D eigenvalue weighted by Gasteiger charge is -2.17. The Kier molecular flexibility index (Phi) is 4.93. The second-order valence-electron chi connectivity index (χ2n) is 5.08. The van der Waals surface area contributed by atoms with Gasteiger partial charge in [-0.2, -0.15) is 0 Å². The molecule has 1 aliphatic heterocycles. The van der Waals surface area contributed by atoms with Gasteiger partial charge in [0.1, 0.15) is 5.82 Å². The van der Waals surface area contributed by atoms with Gasteiger partial charge in [-0.1, -0.05) is 6.92 Å². The van der Waals surface area contributed by atoms with Gasteiger partial charge in [-0.15, -0.1) is 0 Å². The molecule has 0 aromatic carbocycles. The van der Waals surface area contributed by atoms with Crippen LogP contribution in [0.2, 0.25) is 0 Å². The van der Waals surface area contributed by atoms with E-state index in [1.54, 1.807) is 0 Å². The molecule has 0 bridgehead atoms. The first-order valence-electron chi connectivity index (χ1n) is 7.03. The van der Waals surface area contributed by atoms with Crippen molar-refractivity contribution in [1.82, 2.24) is 14.9 Å². The molecule has 0 radical (unpaired) electrons. The fourth-order valence-electron chi connectivity index (χ4n) is 2.63. The highest BCUT2D eigenvalue weighted by atomic mass is 15.1. The zero-order valence-corrected chi connectivity index (χ0v) is 11.5. The lowest BCUT2D eigenvalue weighted by Crippen LogP contribution is -2.24. The third-order valence-electron chi connectivity index (χ3n) is 3.85. The summed E-state index contributed by atoms with van der Waals surface area (Å²) in [7, 11) is 1.87. The summed E-state index contributed by atoms with van der Waals surface area (Å²) in [5.74, 6) is 1.62. The van der Waals surface area contributed by atoms with Crippen LogP contribution < -0.4 is 5.32 Å². The lowest BCUT2D eigenvalue weighted by atomic mass is 9.95. The summed E-state index contributed by atoms with van der Waals surface area (Å²) in [6.07, 6.45) is 8.75. The van der Waals surface area contributed by atoms with E-state index >= 15 is 0 Å². The van der Waals surface area contributed by atoms with E-state index < -0.39 is 0 Å². The first-order valence-corrected chi connectivity index (χ1v) is 7.03. The molecule has 4 heteroatoms. The van der Waals surface area contributed by atoms with Crippen molar-refractivity contribution in [2.45, 2.75) is 32.6 Å². The summed E-state index contributed by atoms with van der Waals surface area (Å²) in [5.41, 5.74) is 1.13. The van der Waals surface area contributed by atoms with Crippen LogP contribution in [0.4, 0.5) is 5.82 Å². The first kappa shape index (κ1) is 13.3. The van der Waals surface area contributed by atoms with Gasteiger partial charge in [0.15, 0.2) is 0 Å². The van der Waals surface area contributed by atoms with Gasteiger partial charge in [0.2, 0.25) is 0 Å². The fraction of sp³-hybridized carbons (Fsp3) is 0.714. The van der Waals surface area contributed by atoms with Crippen molar-refractivity contribution in [2.75, 3.05) is 32.0 Å². The maximum absolute atomic E-state index is 4.47. The minimum absolute atomic E-state index is 0.774. The molecular formula is C14H24N4. The van der Waals surface area contributed by atoms with Gasteiger partial charge in [0, 0.05) is 7.05 Å². The molecule has 4 nitrogen and oxygen atoms in total. The quantitative estimate of drug-likeness (QED) is 0.886. The third-order valence-corrected chi connectivity index (χ3v) is 3.85. The van der Waals surface area contributed by atoms with Crippen LogP contribution in [0.15, 0.2) is 12.4 Å². The molecular weight excluding hydrogens is 224 g/mol. The number of nitrogens with one attached hydrogen (secondary N) is 1. The molecule has 1 saturated heterocycles. The third kappa shape index (κ3) is 3.67. The predicted octanol–water partition coefficient (Wildman–Crippen LogP) is 2.18. The topological polar surface area (TPSA) is 41.1 Å². The molecule has 1 fully saturated rings. The van der Waals surface area contributed by atoms with E-state index in [2.05, 4.69) is 27.1 Å². The number of aromatic nitrogens is 2. The SMILES string of the molecule is CCN1CCCC(Cc2cnc(NC)cn2)CC1. The predicted molar refractivity (Wildman–Crippen MR) is 74.7 cm³/mol. The van der Waals surface area contributed by atoms with Gasteiger partial charge in [0.05, 0.1) is 18.1 Å². The maximum Gasteiger partial charge on any atom is 0.144 e. The van der Waals surface area contributed by atoms with Crippen LogP contribution in [0.1, 0.15) is 31.9 Å². The Morgan fingerprint density at radius 2 is 2.17 bits per heavy atom. The minimum atomic E-state index is 0.774. The van der Waals surface area contributed by atoms with E-state index in [-0.39, 0.29) is 0 Å². The van der Waals surface area contributed by atoms with Crippen molar-refractivity contribution in [3.8, 4) is 0 Å². The van der Waals surface area contributed by atoms with Crippen molar-refractivity contribution >= 4 is 5.82 Å². The molecule has 1 unspecified atom stereocenters. The van der Waals surface area contributed by atoms with E-state index in [1.165, 1.54) is 38.9 Å². The van der Waals surface area contributed by atoms with Crippen LogP contribution in [0.3, 0.4) is 0 Å². The summed E-state index contributed by atoms with van der Waals surface area (Å²) in [6.45, 7) is 5.94. The van der Waals surface area contributed by atoms with Crippen molar-refractivity contribution in [2.24, 2.45) is 5.92 Å². The Balaban J connectivity index is 1.88. The van der Waals surface area contributed by atoms with Gasteiger partial charge in [-0.25, -0.2) is 4.98 Å². The van der Waals surface area contributed by atoms with Gasteiger partial charge in [-0.05, 0) is 51.2 Å². The van der Waals surface area contributed by atoms with Gasteiger partial charge in [0.25, 0.3) is 0 Å². The summed E-state index contributed by atoms with van der Waals surface area (Å²) < 4.78 is 0. The molecule has 0 aliphatic carbocycles. The molecule has 100 valence electrons. The van der Waals surface area contributed by atoms with Crippen LogP contribution in [0, 0.1) is 5.92 Å². The smallest absolute Gasteiger partial charge is 0.144 e. The number of likely N-dealkylation sites (tertiary alicyclic amines) is 1. The lowest BCUT2D eigenvalue weighted by molar-refractivity contribution is 0.295. The van der Waals surface area contributed by atoms with Crippen molar-refractivity contribution in [3.05, 3.63) is 18.1 Å². The average molecular weight is 248 g/mol. The second kappa shape index (κ2) is 6.69. The Morgan fingerprint density at radius 3 is 2.83 bits per heavy atom. The highest BCUT2D eigenvalue weighted by Gasteiger charge is 2.16. The average Bonchev–Trinajstić information content (AvgIpc) is 2.65. The second-order valence-corrected chi connectivity index (χ2v) is 5.08. The minimum Gasteiger partial charge on any atom is -0.372 e. The molecule has 1 N–H and O–H groups in total. The fourth-order valence-corrected chi connectivity index (χ4v) is 2.63. The zero-order valence-electron chi connectivity index (χ0n) is 11.5. The van der Waals surface area contributed by atoms with Crippen LogP contribution in [-0.4, -0.2) is 41.5 Å². The normalized spacial score (nSPS) is 21.6. The molecule has 1 aromatic heterocycles. The number of hydrogen-bond donors (Lipinski definition) is 1. The van der Waals surface area contributed by atoms with E-state index in [9.17, 15) is 0 Å². The summed E-state index contributed by atoms with van der Waals surface area (Å²) in [5, 5.41) is 3.00. The largest absolute Gasteiger partial charge is 0.372 e. The summed E-state index contributed by atoms with van der Waals surface area (Å²) in [6, 6.07) is 0. The van der Waals surface area contributed by atoms with Gasteiger partial charge < -0.3 is 10.2 Å². The van der Waals surface area contributed by atoms with E-state index in [0.29, 0.717) is 0 Å².